The Morgan fingerprint density at radius 1 is 1.00 bits per heavy atom. The molecule has 0 radical (unpaired) electrons. The van der Waals surface area contributed by atoms with E-state index in [1.165, 1.54) is 48.7 Å². The summed E-state index contributed by atoms with van der Waals surface area (Å²) in [6, 6.07) is 18.1. The number of nitrogens with one attached hydrogen (secondary N) is 2. The summed E-state index contributed by atoms with van der Waals surface area (Å²) in [5.74, 6) is -2.21. The van der Waals surface area contributed by atoms with Crippen molar-refractivity contribution in [3.8, 4) is 5.75 Å². The zero-order valence-corrected chi connectivity index (χ0v) is 17.3. The first-order chi connectivity index (χ1) is 15.4. The van der Waals surface area contributed by atoms with Gasteiger partial charge >= 0.3 is 5.97 Å². The molecule has 2 amide bonds. The van der Waals surface area contributed by atoms with Crippen molar-refractivity contribution in [2.24, 2.45) is 5.10 Å². The first-order valence-corrected chi connectivity index (χ1v) is 9.72. The summed E-state index contributed by atoms with van der Waals surface area (Å²) >= 11 is 5.83. The lowest BCUT2D eigenvalue weighted by molar-refractivity contribution is -0.120. The Morgan fingerprint density at radius 2 is 1.75 bits per heavy atom. The third kappa shape index (κ3) is 6.48. The first kappa shape index (κ1) is 22.6. The molecule has 3 aromatic carbocycles. The molecule has 0 spiro atoms. The van der Waals surface area contributed by atoms with Gasteiger partial charge in [0.25, 0.3) is 11.8 Å². The second kappa shape index (κ2) is 10.8. The molecular formula is C23H17ClFN3O4. The number of carbonyl (C=O) groups excluding carboxylic acids is 3. The summed E-state index contributed by atoms with van der Waals surface area (Å²) in [6.45, 7) is -0.270. The van der Waals surface area contributed by atoms with E-state index in [1.54, 1.807) is 30.3 Å². The maximum absolute atomic E-state index is 13.6. The monoisotopic (exact) mass is 453 g/mol. The molecule has 0 atom stereocenters. The number of carbonyl (C=O) groups is 3. The Bertz CT molecular complexity index is 1170. The van der Waals surface area contributed by atoms with Crippen molar-refractivity contribution < 1.29 is 23.5 Å². The molecule has 0 fully saturated rings. The molecule has 0 bridgehead atoms. The Hall–Kier alpha value is -4.04. The van der Waals surface area contributed by atoms with E-state index < -0.39 is 23.6 Å². The number of amides is 2. The van der Waals surface area contributed by atoms with Gasteiger partial charge in [0.15, 0.2) is 0 Å². The van der Waals surface area contributed by atoms with E-state index in [1.807, 2.05) is 0 Å². The highest BCUT2D eigenvalue weighted by Gasteiger charge is 2.13. The van der Waals surface area contributed by atoms with E-state index in [2.05, 4.69) is 15.8 Å². The lowest BCUT2D eigenvalue weighted by atomic mass is 10.2. The topological polar surface area (TPSA) is 96.9 Å². The molecule has 0 heterocycles. The van der Waals surface area contributed by atoms with Crippen LogP contribution >= 0.6 is 11.6 Å². The van der Waals surface area contributed by atoms with Crippen molar-refractivity contribution in [2.75, 3.05) is 6.54 Å². The molecule has 0 aromatic heterocycles. The maximum atomic E-state index is 13.6. The minimum atomic E-state index is -0.809. The Labute approximate surface area is 187 Å². The zero-order chi connectivity index (χ0) is 22.9. The number of benzene rings is 3. The van der Waals surface area contributed by atoms with Crippen molar-refractivity contribution in [3.63, 3.8) is 0 Å². The Kier molecular flexibility index (Phi) is 7.66. The highest BCUT2D eigenvalue weighted by Crippen LogP contribution is 2.15. The fourth-order valence-electron chi connectivity index (χ4n) is 2.52. The number of rotatable bonds is 7. The Balaban J connectivity index is 1.46. The lowest BCUT2D eigenvalue weighted by Gasteiger charge is -2.05. The molecule has 3 rings (SSSR count). The van der Waals surface area contributed by atoms with Crippen LogP contribution in [-0.2, 0) is 4.79 Å². The largest absolute Gasteiger partial charge is 0.423 e. The van der Waals surface area contributed by atoms with Gasteiger partial charge in [0.1, 0.15) is 11.6 Å². The van der Waals surface area contributed by atoms with Gasteiger partial charge in [-0.1, -0.05) is 29.8 Å². The first-order valence-electron chi connectivity index (χ1n) is 9.35. The van der Waals surface area contributed by atoms with E-state index in [4.69, 9.17) is 16.3 Å². The van der Waals surface area contributed by atoms with Gasteiger partial charge in [0.2, 0.25) is 0 Å². The van der Waals surface area contributed by atoms with Crippen molar-refractivity contribution in [1.29, 1.82) is 0 Å². The van der Waals surface area contributed by atoms with Gasteiger partial charge in [0.05, 0.1) is 18.3 Å². The van der Waals surface area contributed by atoms with Crippen LogP contribution in [0.5, 0.6) is 5.75 Å². The van der Waals surface area contributed by atoms with Crippen molar-refractivity contribution in [1.82, 2.24) is 10.7 Å². The second-order valence-corrected chi connectivity index (χ2v) is 6.86. The van der Waals surface area contributed by atoms with Gasteiger partial charge in [-0.25, -0.2) is 14.6 Å². The number of halogens is 2. The number of ether oxygens (including phenoxy) is 1. The minimum Gasteiger partial charge on any atom is -0.423 e. The molecule has 162 valence electrons. The minimum absolute atomic E-state index is 0.164. The number of hydrogen-bond donors (Lipinski definition) is 2. The fraction of sp³-hybridized carbons (Fsp3) is 0.0435. The maximum Gasteiger partial charge on any atom is 0.346 e. The van der Waals surface area contributed by atoms with Crippen LogP contribution in [0, 0.1) is 5.82 Å². The summed E-state index contributed by atoms with van der Waals surface area (Å²) < 4.78 is 18.8. The van der Waals surface area contributed by atoms with Crippen LogP contribution in [0.4, 0.5) is 4.39 Å². The molecule has 0 saturated heterocycles. The lowest BCUT2D eigenvalue weighted by Crippen LogP contribution is -2.34. The quantitative estimate of drug-likeness (QED) is 0.247. The molecule has 0 unspecified atom stereocenters. The molecule has 0 aliphatic heterocycles. The van der Waals surface area contributed by atoms with Gasteiger partial charge in [-0.15, -0.1) is 0 Å². The average Bonchev–Trinajstić information content (AvgIpc) is 2.79. The smallest absolute Gasteiger partial charge is 0.346 e. The number of hydrogen-bond acceptors (Lipinski definition) is 5. The van der Waals surface area contributed by atoms with E-state index >= 15 is 0 Å². The highest BCUT2D eigenvalue weighted by molar-refractivity contribution is 6.31. The molecular weight excluding hydrogens is 437 g/mol. The summed E-state index contributed by atoms with van der Waals surface area (Å²) in [6.07, 6.45) is 1.37. The van der Waals surface area contributed by atoms with Crippen molar-refractivity contribution in [2.45, 2.75) is 0 Å². The molecule has 0 aliphatic carbocycles. The molecule has 7 nitrogen and oxygen atoms in total. The van der Waals surface area contributed by atoms with E-state index in [0.29, 0.717) is 16.1 Å². The van der Waals surface area contributed by atoms with Gasteiger partial charge in [0, 0.05) is 10.6 Å². The number of nitrogens with zero attached hydrogens (tertiary/aromatic N) is 1. The Morgan fingerprint density at radius 3 is 2.47 bits per heavy atom. The standard InChI is InChI=1S/C23H17ClFN3O4/c24-17-5-3-4-16(12-17)22(30)26-14-21(29)28-27-13-15-8-10-18(11-9-15)32-23(31)19-6-1-2-7-20(19)25/h1-13H,14H2,(H,26,30)(H,28,29)/b27-13+. The predicted octanol–water partition coefficient (Wildman–Crippen LogP) is 3.58. The molecule has 9 heteroatoms. The third-order valence-corrected chi connectivity index (χ3v) is 4.32. The summed E-state index contributed by atoms with van der Waals surface area (Å²) in [4.78, 5) is 35.8. The summed E-state index contributed by atoms with van der Waals surface area (Å²) in [5.41, 5.74) is 3.07. The van der Waals surface area contributed by atoms with Gasteiger partial charge in [-0.3, -0.25) is 9.59 Å². The van der Waals surface area contributed by atoms with E-state index in [9.17, 15) is 18.8 Å². The van der Waals surface area contributed by atoms with Crippen LogP contribution in [0.15, 0.2) is 77.9 Å². The van der Waals surface area contributed by atoms with Gasteiger partial charge in [-0.05, 0) is 60.2 Å². The second-order valence-electron chi connectivity index (χ2n) is 6.42. The summed E-state index contributed by atoms with van der Waals surface area (Å²) in [7, 11) is 0. The molecule has 0 saturated carbocycles. The van der Waals surface area contributed by atoms with Crippen LogP contribution < -0.4 is 15.5 Å². The number of hydrazone groups is 1. The van der Waals surface area contributed by atoms with Crippen LogP contribution in [0.2, 0.25) is 5.02 Å². The normalized spacial score (nSPS) is 10.6. The van der Waals surface area contributed by atoms with E-state index in [0.717, 1.165) is 0 Å². The van der Waals surface area contributed by atoms with Crippen LogP contribution in [-0.4, -0.2) is 30.5 Å². The van der Waals surface area contributed by atoms with Crippen molar-refractivity contribution in [3.05, 3.63) is 100 Å². The third-order valence-electron chi connectivity index (χ3n) is 4.08. The SMILES string of the molecule is O=C(CNC(=O)c1cccc(Cl)c1)N/N=C/c1ccc(OC(=O)c2ccccc2F)cc1. The molecule has 2 N–H and O–H groups in total. The predicted molar refractivity (Wildman–Crippen MR) is 117 cm³/mol. The fourth-order valence-corrected chi connectivity index (χ4v) is 2.71. The van der Waals surface area contributed by atoms with Crippen molar-refractivity contribution >= 4 is 35.6 Å². The average molecular weight is 454 g/mol. The summed E-state index contributed by atoms with van der Waals surface area (Å²) in [5, 5.41) is 6.68. The molecule has 32 heavy (non-hydrogen) atoms. The van der Waals surface area contributed by atoms with Gasteiger partial charge in [-0.2, -0.15) is 5.10 Å². The zero-order valence-electron chi connectivity index (χ0n) is 16.5. The van der Waals surface area contributed by atoms with Gasteiger partial charge < -0.3 is 10.1 Å². The van der Waals surface area contributed by atoms with Crippen LogP contribution in [0.3, 0.4) is 0 Å². The van der Waals surface area contributed by atoms with Crippen LogP contribution in [0.1, 0.15) is 26.3 Å². The molecule has 3 aromatic rings. The van der Waals surface area contributed by atoms with Crippen LogP contribution in [0.25, 0.3) is 0 Å². The number of esters is 1. The molecule has 0 aliphatic rings. The highest BCUT2D eigenvalue weighted by atomic mass is 35.5. The van der Waals surface area contributed by atoms with E-state index in [-0.39, 0.29) is 17.9 Å².